The minimum atomic E-state index is -0.648. The van der Waals surface area contributed by atoms with Crippen molar-refractivity contribution >= 4 is 5.78 Å². The number of halogens is 2. The van der Waals surface area contributed by atoms with E-state index in [-0.39, 0.29) is 23.6 Å². The van der Waals surface area contributed by atoms with Gasteiger partial charge < -0.3 is 0 Å². The quantitative estimate of drug-likeness (QED) is 0.765. The highest BCUT2D eigenvalue weighted by Gasteiger charge is 2.11. The molecule has 0 saturated heterocycles. The number of benzene rings is 1. The molecule has 2 rings (SSSR count). The maximum absolute atomic E-state index is 13.3. The first kappa shape index (κ1) is 11.4. The second-order valence-electron chi connectivity index (χ2n) is 3.56. The first-order valence-corrected chi connectivity index (χ1v) is 4.92. The van der Waals surface area contributed by atoms with Gasteiger partial charge in [-0.1, -0.05) is 11.3 Å². The van der Waals surface area contributed by atoms with E-state index in [2.05, 4.69) is 10.3 Å². The Kier molecular flexibility index (Phi) is 2.95. The topological polar surface area (TPSA) is 47.8 Å². The van der Waals surface area contributed by atoms with E-state index in [0.717, 1.165) is 0 Å². The van der Waals surface area contributed by atoms with Crippen LogP contribution in [-0.4, -0.2) is 20.8 Å². The van der Waals surface area contributed by atoms with E-state index in [1.54, 1.807) is 0 Å². The van der Waals surface area contributed by atoms with Crippen LogP contribution in [0.5, 0.6) is 0 Å². The van der Waals surface area contributed by atoms with Gasteiger partial charge in [0.2, 0.25) is 0 Å². The Bertz CT molecular complexity index is 545. The van der Waals surface area contributed by atoms with Crippen molar-refractivity contribution in [3.8, 4) is 0 Å². The average Bonchev–Trinajstić information content (AvgIpc) is 2.72. The Morgan fingerprint density at radius 3 is 2.53 bits per heavy atom. The van der Waals surface area contributed by atoms with Crippen molar-refractivity contribution in [1.82, 2.24) is 15.0 Å². The SMILES string of the molecule is CC(=O)c1cn(Cc2c(F)cccc2F)nn1. The smallest absolute Gasteiger partial charge is 0.181 e. The molecule has 0 radical (unpaired) electrons. The van der Waals surface area contributed by atoms with Crippen LogP contribution >= 0.6 is 0 Å². The van der Waals surface area contributed by atoms with Crippen molar-refractivity contribution in [2.75, 3.05) is 0 Å². The van der Waals surface area contributed by atoms with Gasteiger partial charge in [-0.3, -0.25) is 4.79 Å². The van der Waals surface area contributed by atoms with Gasteiger partial charge in [0.25, 0.3) is 0 Å². The zero-order valence-electron chi connectivity index (χ0n) is 9.02. The standard InChI is InChI=1S/C11H9F2N3O/c1-7(17)11-6-16(15-14-11)5-8-9(12)3-2-4-10(8)13/h2-4,6H,5H2,1H3. The molecule has 2 aromatic rings. The summed E-state index contributed by atoms with van der Waals surface area (Å²) in [5, 5.41) is 7.22. The van der Waals surface area contributed by atoms with E-state index in [1.165, 1.54) is 36.0 Å². The lowest BCUT2D eigenvalue weighted by Gasteiger charge is -2.03. The van der Waals surface area contributed by atoms with E-state index in [1.807, 2.05) is 0 Å². The molecular weight excluding hydrogens is 228 g/mol. The van der Waals surface area contributed by atoms with Gasteiger partial charge in [-0.25, -0.2) is 13.5 Å². The monoisotopic (exact) mass is 237 g/mol. The minimum Gasteiger partial charge on any atom is -0.293 e. The summed E-state index contributed by atoms with van der Waals surface area (Å²) >= 11 is 0. The summed E-state index contributed by atoms with van der Waals surface area (Å²) in [6.07, 6.45) is 1.36. The molecule has 0 amide bonds. The fourth-order valence-corrected chi connectivity index (χ4v) is 1.38. The van der Waals surface area contributed by atoms with Crippen LogP contribution in [-0.2, 0) is 6.54 Å². The third-order valence-electron chi connectivity index (χ3n) is 2.28. The molecule has 4 nitrogen and oxygen atoms in total. The lowest BCUT2D eigenvalue weighted by atomic mass is 10.2. The molecule has 0 bridgehead atoms. The molecule has 1 heterocycles. The number of hydrogen-bond acceptors (Lipinski definition) is 3. The molecule has 1 aromatic heterocycles. The summed E-state index contributed by atoms with van der Waals surface area (Å²) in [4.78, 5) is 11.0. The molecule has 88 valence electrons. The van der Waals surface area contributed by atoms with Gasteiger partial charge in [0.1, 0.15) is 17.3 Å². The van der Waals surface area contributed by atoms with Crippen molar-refractivity contribution in [1.29, 1.82) is 0 Å². The summed E-state index contributed by atoms with van der Waals surface area (Å²) in [6.45, 7) is 1.25. The van der Waals surface area contributed by atoms with Gasteiger partial charge in [0.05, 0.1) is 12.7 Å². The zero-order valence-corrected chi connectivity index (χ0v) is 9.02. The lowest BCUT2D eigenvalue weighted by molar-refractivity contribution is 0.101. The third kappa shape index (κ3) is 2.35. The second kappa shape index (κ2) is 4.40. The first-order valence-electron chi connectivity index (χ1n) is 4.92. The second-order valence-corrected chi connectivity index (χ2v) is 3.56. The molecule has 0 N–H and O–H groups in total. The summed E-state index contributed by atoms with van der Waals surface area (Å²) in [5.41, 5.74) is 0.0641. The van der Waals surface area contributed by atoms with Crippen LogP contribution in [0.2, 0.25) is 0 Å². The Morgan fingerprint density at radius 1 is 1.35 bits per heavy atom. The normalized spacial score (nSPS) is 10.5. The molecule has 0 unspecified atom stereocenters. The van der Waals surface area contributed by atoms with Gasteiger partial charge in [0, 0.05) is 12.5 Å². The van der Waals surface area contributed by atoms with E-state index in [0.29, 0.717) is 0 Å². The highest BCUT2D eigenvalue weighted by molar-refractivity contribution is 5.91. The average molecular weight is 237 g/mol. The van der Waals surface area contributed by atoms with E-state index < -0.39 is 11.6 Å². The van der Waals surface area contributed by atoms with Gasteiger partial charge >= 0.3 is 0 Å². The molecule has 0 aliphatic heterocycles. The van der Waals surface area contributed by atoms with E-state index in [4.69, 9.17) is 0 Å². The third-order valence-corrected chi connectivity index (χ3v) is 2.28. The number of Topliss-reactive ketones (excluding diaryl/α,β-unsaturated/α-hetero) is 1. The summed E-state index contributed by atoms with van der Waals surface area (Å²) in [7, 11) is 0. The molecule has 0 saturated carbocycles. The van der Waals surface area contributed by atoms with Gasteiger partial charge in [0.15, 0.2) is 5.78 Å². The van der Waals surface area contributed by atoms with Crippen LogP contribution in [0.4, 0.5) is 8.78 Å². The number of aromatic nitrogens is 3. The highest BCUT2D eigenvalue weighted by Crippen LogP contribution is 2.13. The molecule has 17 heavy (non-hydrogen) atoms. The summed E-state index contributed by atoms with van der Waals surface area (Å²) in [6, 6.07) is 3.62. The number of ketones is 1. The number of hydrogen-bond donors (Lipinski definition) is 0. The predicted octanol–water partition coefficient (Wildman–Crippen LogP) is 1.81. The Labute approximate surface area is 95.9 Å². The Balaban J connectivity index is 2.28. The zero-order chi connectivity index (χ0) is 12.4. The molecule has 1 aromatic carbocycles. The van der Waals surface area contributed by atoms with Crippen LogP contribution in [0, 0.1) is 11.6 Å². The van der Waals surface area contributed by atoms with Gasteiger partial charge in [-0.05, 0) is 12.1 Å². The maximum atomic E-state index is 13.3. The fraction of sp³-hybridized carbons (Fsp3) is 0.182. The summed E-state index contributed by atoms with van der Waals surface area (Å²) in [5.74, 6) is -1.54. The minimum absolute atomic E-state index is 0.0984. The molecule has 0 fully saturated rings. The van der Waals surface area contributed by atoms with Crippen LogP contribution < -0.4 is 0 Å². The van der Waals surface area contributed by atoms with Crippen molar-refractivity contribution in [3.05, 3.63) is 47.3 Å². The molecule has 0 aliphatic carbocycles. The number of carbonyl (C=O) groups excluding carboxylic acids is 1. The van der Waals surface area contributed by atoms with Crippen LogP contribution in [0.15, 0.2) is 24.4 Å². The largest absolute Gasteiger partial charge is 0.293 e. The molecule has 0 spiro atoms. The van der Waals surface area contributed by atoms with Crippen molar-refractivity contribution in [2.45, 2.75) is 13.5 Å². The maximum Gasteiger partial charge on any atom is 0.181 e. The van der Waals surface area contributed by atoms with Crippen molar-refractivity contribution in [3.63, 3.8) is 0 Å². The van der Waals surface area contributed by atoms with Crippen LogP contribution in [0.3, 0.4) is 0 Å². The van der Waals surface area contributed by atoms with Crippen molar-refractivity contribution in [2.24, 2.45) is 0 Å². The van der Waals surface area contributed by atoms with E-state index >= 15 is 0 Å². The fourth-order valence-electron chi connectivity index (χ4n) is 1.38. The Hall–Kier alpha value is -2.11. The molecular formula is C11H9F2N3O. The van der Waals surface area contributed by atoms with Crippen LogP contribution in [0.1, 0.15) is 23.0 Å². The van der Waals surface area contributed by atoms with Crippen molar-refractivity contribution < 1.29 is 13.6 Å². The molecule has 0 atom stereocenters. The molecule has 0 aliphatic rings. The van der Waals surface area contributed by atoms with E-state index in [9.17, 15) is 13.6 Å². The summed E-state index contributed by atoms with van der Waals surface area (Å²) < 4.78 is 27.9. The predicted molar refractivity (Wildman–Crippen MR) is 55.5 cm³/mol. The lowest BCUT2D eigenvalue weighted by Crippen LogP contribution is -2.05. The highest BCUT2D eigenvalue weighted by atomic mass is 19.1. The first-order chi connectivity index (χ1) is 8.08. The number of rotatable bonds is 3. The number of nitrogens with zero attached hydrogens (tertiary/aromatic N) is 3. The molecule has 6 heteroatoms. The van der Waals surface area contributed by atoms with Crippen LogP contribution in [0.25, 0.3) is 0 Å². The number of carbonyl (C=O) groups is 1. The van der Waals surface area contributed by atoms with Gasteiger partial charge in [-0.15, -0.1) is 5.10 Å². The Morgan fingerprint density at radius 2 is 2.00 bits per heavy atom. The van der Waals surface area contributed by atoms with Gasteiger partial charge in [-0.2, -0.15) is 0 Å².